The summed E-state index contributed by atoms with van der Waals surface area (Å²) in [5.41, 5.74) is 0.139. The van der Waals surface area contributed by atoms with Crippen molar-refractivity contribution in [3.63, 3.8) is 0 Å². The molecule has 0 unspecified atom stereocenters. The summed E-state index contributed by atoms with van der Waals surface area (Å²) in [6.45, 7) is 2.85. The summed E-state index contributed by atoms with van der Waals surface area (Å²) < 4.78 is 17.6. The molecule has 4 rings (SSSR count). The van der Waals surface area contributed by atoms with Crippen molar-refractivity contribution in [1.82, 2.24) is 14.9 Å². The maximum Gasteiger partial charge on any atom is 0.267 e. The van der Waals surface area contributed by atoms with E-state index in [-0.39, 0.29) is 23.6 Å². The number of carbonyl (C=O) groups excluding carboxylic acids is 1. The van der Waals surface area contributed by atoms with Gasteiger partial charge in [-0.05, 0) is 31.9 Å². The Labute approximate surface area is 162 Å². The Bertz CT molecular complexity index is 913. The molecule has 2 aliphatic rings. The molecule has 8 nitrogen and oxygen atoms in total. The van der Waals surface area contributed by atoms with Gasteiger partial charge in [0.25, 0.3) is 11.8 Å². The number of fused-ring (bicyclic) bond motifs is 1. The van der Waals surface area contributed by atoms with Gasteiger partial charge in [0.05, 0.1) is 6.54 Å². The number of hydrogen-bond acceptors (Lipinski definition) is 7. The second kappa shape index (κ2) is 7.72. The normalized spacial score (nSPS) is 23.6. The molecule has 2 aromatic rings. The number of hydrogen-bond donors (Lipinski definition) is 0. The quantitative estimate of drug-likeness (QED) is 0.803. The minimum atomic E-state index is -0.708. The molecule has 0 aliphatic carbocycles. The number of piperidine rings is 1. The zero-order valence-electron chi connectivity index (χ0n) is 15.4. The molecule has 0 saturated carbocycles. The smallest absolute Gasteiger partial charge is 0.267 e. The molecule has 0 N–H and O–H groups in total. The Hall–Kier alpha value is -3.34. The number of benzene rings is 1. The highest BCUT2D eigenvalue weighted by atomic mass is 16.6. The number of carbonyl (C=O) groups is 1. The summed E-state index contributed by atoms with van der Waals surface area (Å²) in [5.74, 6) is 1.28. The van der Waals surface area contributed by atoms with Gasteiger partial charge in [-0.2, -0.15) is 5.26 Å². The standard InChI is InChI=1S/C20H20N4O4/c1-13-18(28-17-7-3-2-6-16(17)26-13)20(25)24-10-4-5-14(12-24)27-19-15(11-21)22-8-9-23-19/h2-3,6-9,13-14,18H,4-5,10,12H2,1H3/t13-,14+,18+/m0/s1. The van der Waals surface area contributed by atoms with Crippen molar-refractivity contribution in [3.8, 4) is 23.4 Å². The Morgan fingerprint density at radius 1 is 1.25 bits per heavy atom. The number of likely N-dealkylation sites (tertiary alicyclic amines) is 1. The van der Waals surface area contributed by atoms with Crippen molar-refractivity contribution in [2.45, 2.75) is 38.1 Å². The fourth-order valence-electron chi connectivity index (χ4n) is 3.45. The monoisotopic (exact) mass is 380 g/mol. The van der Waals surface area contributed by atoms with Crippen LogP contribution in [0.25, 0.3) is 0 Å². The van der Waals surface area contributed by atoms with Crippen LogP contribution in [0.5, 0.6) is 17.4 Å². The number of nitrogens with zero attached hydrogens (tertiary/aromatic N) is 4. The molecule has 1 aromatic carbocycles. The van der Waals surface area contributed by atoms with E-state index < -0.39 is 12.2 Å². The molecule has 144 valence electrons. The first-order valence-corrected chi connectivity index (χ1v) is 9.24. The molecule has 3 atom stereocenters. The predicted molar refractivity (Wildman–Crippen MR) is 97.9 cm³/mol. The molecule has 0 bridgehead atoms. The van der Waals surface area contributed by atoms with E-state index in [0.717, 1.165) is 12.8 Å². The van der Waals surface area contributed by atoms with Crippen LogP contribution in [0, 0.1) is 11.3 Å². The van der Waals surface area contributed by atoms with Crippen LogP contribution in [-0.4, -0.2) is 52.2 Å². The van der Waals surface area contributed by atoms with Crippen molar-refractivity contribution in [1.29, 1.82) is 5.26 Å². The lowest BCUT2D eigenvalue weighted by Crippen LogP contribution is -2.54. The fraction of sp³-hybridized carbons (Fsp3) is 0.400. The number of rotatable bonds is 3. The van der Waals surface area contributed by atoms with Crippen molar-refractivity contribution < 1.29 is 19.0 Å². The average Bonchev–Trinajstić information content (AvgIpc) is 2.73. The SMILES string of the molecule is C[C@@H]1Oc2ccccc2O[C@H]1C(=O)N1CCC[C@@H](Oc2nccnc2C#N)C1. The van der Waals surface area contributed by atoms with Crippen molar-refractivity contribution in [3.05, 3.63) is 42.4 Å². The van der Waals surface area contributed by atoms with Crippen LogP contribution in [0.4, 0.5) is 0 Å². The molecule has 1 aromatic heterocycles. The highest BCUT2D eigenvalue weighted by Gasteiger charge is 2.38. The van der Waals surface area contributed by atoms with Gasteiger partial charge in [-0.3, -0.25) is 4.79 Å². The molecule has 0 radical (unpaired) electrons. The zero-order chi connectivity index (χ0) is 19.5. The summed E-state index contributed by atoms with van der Waals surface area (Å²) in [6, 6.07) is 9.30. The van der Waals surface area contributed by atoms with Crippen molar-refractivity contribution in [2.24, 2.45) is 0 Å². The molecule has 8 heteroatoms. The number of nitriles is 1. The number of para-hydroxylation sites is 2. The molecule has 3 heterocycles. The van der Waals surface area contributed by atoms with E-state index in [9.17, 15) is 4.79 Å². The number of ether oxygens (including phenoxy) is 3. The van der Waals surface area contributed by atoms with Crippen LogP contribution >= 0.6 is 0 Å². The number of amides is 1. The maximum absolute atomic E-state index is 13.1. The average molecular weight is 380 g/mol. The molecular weight excluding hydrogens is 360 g/mol. The third kappa shape index (κ3) is 3.56. The summed E-state index contributed by atoms with van der Waals surface area (Å²) in [4.78, 5) is 22.9. The Kier molecular flexibility index (Phi) is 4.98. The van der Waals surface area contributed by atoms with E-state index in [1.54, 1.807) is 11.0 Å². The second-order valence-electron chi connectivity index (χ2n) is 6.80. The Morgan fingerprint density at radius 3 is 2.79 bits per heavy atom. The van der Waals surface area contributed by atoms with Crippen LogP contribution < -0.4 is 14.2 Å². The summed E-state index contributed by atoms with van der Waals surface area (Å²) in [6.07, 6.45) is 3.13. The third-order valence-electron chi connectivity index (χ3n) is 4.82. The van der Waals surface area contributed by atoms with Crippen molar-refractivity contribution >= 4 is 5.91 Å². The summed E-state index contributed by atoms with van der Waals surface area (Å²) in [7, 11) is 0. The van der Waals surface area contributed by atoms with E-state index in [0.29, 0.717) is 24.6 Å². The van der Waals surface area contributed by atoms with Gasteiger partial charge in [0.2, 0.25) is 11.8 Å². The second-order valence-corrected chi connectivity index (χ2v) is 6.80. The maximum atomic E-state index is 13.1. The minimum Gasteiger partial charge on any atom is -0.482 e. The van der Waals surface area contributed by atoms with E-state index in [1.807, 2.05) is 31.2 Å². The Balaban J connectivity index is 1.44. The van der Waals surface area contributed by atoms with Gasteiger partial charge in [0.15, 0.2) is 11.5 Å². The van der Waals surface area contributed by atoms with Gasteiger partial charge in [-0.1, -0.05) is 12.1 Å². The minimum absolute atomic E-state index is 0.130. The number of aromatic nitrogens is 2. The largest absolute Gasteiger partial charge is 0.482 e. The third-order valence-corrected chi connectivity index (χ3v) is 4.82. The van der Waals surface area contributed by atoms with Crippen LogP contribution in [0.3, 0.4) is 0 Å². The van der Waals surface area contributed by atoms with E-state index in [4.69, 9.17) is 19.5 Å². The van der Waals surface area contributed by atoms with Crippen LogP contribution in [0.1, 0.15) is 25.5 Å². The lowest BCUT2D eigenvalue weighted by molar-refractivity contribution is -0.147. The van der Waals surface area contributed by atoms with Crippen LogP contribution in [0.15, 0.2) is 36.7 Å². The molecule has 1 saturated heterocycles. The van der Waals surface area contributed by atoms with Gasteiger partial charge in [-0.25, -0.2) is 9.97 Å². The van der Waals surface area contributed by atoms with Gasteiger partial charge in [-0.15, -0.1) is 0 Å². The van der Waals surface area contributed by atoms with Crippen molar-refractivity contribution in [2.75, 3.05) is 13.1 Å². The first-order valence-electron chi connectivity index (χ1n) is 9.24. The summed E-state index contributed by atoms with van der Waals surface area (Å²) >= 11 is 0. The molecule has 1 amide bonds. The molecular formula is C20H20N4O4. The van der Waals surface area contributed by atoms with E-state index in [1.165, 1.54) is 12.4 Å². The van der Waals surface area contributed by atoms with E-state index in [2.05, 4.69) is 9.97 Å². The molecule has 0 spiro atoms. The summed E-state index contributed by atoms with van der Waals surface area (Å²) in [5, 5.41) is 9.14. The van der Waals surface area contributed by atoms with Crippen LogP contribution in [0.2, 0.25) is 0 Å². The topological polar surface area (TPSA) is 97.6 Å². The highest BCUT2D eigenvalue weighted by molar-refractivity contribution is 5.82. The van der Waals surface area contributed by atoms with Gasteiger partial charge in [0.1, 0.15) is 18.3 Å². The van der Waals surface area contributed by atoms with Crippen LogP contribution in [-0.2, 0) is 4.79 Å². The fourth-order valence-corrected chi connectivity index (χ4v) is 3.45. The first-order chi connectivity index (χ1) is 13.7. The lowest BCUT2D eigenvalue weighted by atomic mass is 10.1. The van der Waals surface area contributed by atoms with Gasteiger partial charge in [0, 0.05) is 18.9 Å². The van der Waals surface area contributed by atoms with Gasteiger partial charge < -0.3 is 19.1 Å². The molecule has 2 aliphatic heterocycles. The lowest BCUT2D eigenvalue weighted by Gasteiger charge is -2.37. The first kappa shape index (κ1) is 18.0. The van der Waals surface area contributed by atoms with E-state index >= 15 is 0 Å². The van der Waals surface area contributed by atoms with Gasteiger partial charge >= 0.3 is 0 Å². The Morgan fingerprint density at radius 2 is 2.00 bits per heavy atom. The molecule has 1 fully saturated rings. The zero-order valence-corrected chi connectivity index (χ0v) is 15.4. The highest BCUT2D eigenvalue weighted by Crippen LogP contribution is 2.34. The molecule has 28 heavy (non-hydrogen) atoms. The predicted octanol–water partition coefficient (Wildman–Crippen LogP) is 1.95.